The molecule has 0 unspecified atom stereocenters. The van der Waals surface area contributed by atoms with Crippen molar-refractivity contribution in [3.8, 4) is 11.5 Å². The summed E-state index contributed by atoms with van der Waals surface area (Å²) in [7, 11) is 3.73. The van der Waals surface area contributed by atoms with Crippen LogP contribution >= 0.6 is 0 Å². The van der Waals surface area contributed by atoms with Gasteiger partial charge in [-0.2, -0.15) is 0 Å². The molecule has 3 heterocycles. The third-order valence-electron chi connectivity index (χ3n) is 6.40. The Bertz CT molecular complexity index is 895. The van der Waals surface area contributed by atoms with Gasteiger partial charge in [-0.1, -0.05) is 0 Å². The summed E-state index contributed by atoms with van der Waals surface area (Å²) >= 11 is 0. The van der Waals surface area contributed by atoms with Crippen LogP contribution in [0, 0.1) is 5.41 Å². The molecule has 160 valence electrons. The van der Waals surface area contributed by atoms with Crippen molar-refractivity contribution in [2.75, 3.05) is 45.3 Å². The first-order valence-corrected chi connectivity index (χ1v) is 10.4. The average Bonchev–Trinajstić information content (AvgIpc) is 2.77. The number of hydrogen-bond acceptors (Lipinski definition) is 6. The monoisotopic (exact) mass is 411 g/mol. The Kier molecular flexibility index (Phi) is 5.81. The smallest absolute Gasteiger partial charge is 0.313 e. The number of pyridine rings is 1. The lowest BCUT2D eigenvalue weighted by Crippen LogP contribution is -2.47. The number of methoxy groups -OCH3 is 1. The predicted molar refractivity (Wildman–Crippen MR) is 114 cm³/mol. The molecular formula is C23H29N3O4. The molecule has 7 heteroatoms. The van der Waals surface area contributed by atoms with E-state index in [2.05, 4.69) is 21.8 Å². The fourth-order valence-electron chi connectivity index (χ4n) is 4.36. The van der Waals surface area contributed by atoms with Crippen LogP contribution in [0.25, 0.3) is 0 Å². The molecule has 1 N–H and O–H groups in total. The van der Waals surface area contributed by atoms with Gasteiger partial charge in [0, 0.05) is 44.3 Å². The second kappa shape index (κ2) is 8.52. The quantitative estimate of drug-likeness (QED) is 0.783. The molecule has 0 spiro atoms. The second-order valence-electron chi connectivity index (χ2n) is 8.33. The molecule has 1 aromatic carbocycles. The average molecular weight is 412 g/mol. The maximum atomic E-state index is 12.2. The van der Waals surface area contributed by atoms with E-state index in [0.717, 1.165) is 25.2 Å². The summed E-state index contributed by atoms with van der Waals surface area (Å²) in [6.07, 6.45) is 5.56. The summed E-state index contributed by atoms with van der Waals surface area (Å²) in [6.45, 7) is 3.36. The number of aromatic nitrogens is 1. The van der Waals surface area contributed by atoms with Crippen LogP contribution in [-0.2, 0) is 17.8 Å². The van der Waals surface area contributed by atoms with Gasteiger partial charge in [0.2, 0.25) is 0 Å². The third kappa shape index (κ3) is 4.07. The van der Waals surface area contributed by atoms with Crippen LogP contribution < -0.4 is 14.4 Å². The van der Waals surface area contributed by atoms with Gasteiger partial charge in [-0.05, 0) is 61.7 Å². The SMILES string of the molecule is COc1cc2c(cc1OCC1(C(=O)O)CCN(c3ccncc3)CC1)CN(C)CC2. The number of piperidine rings is 1. The molecule has 0 bridgehead atoms. The van der Waals surface area contributed by atoms with Crippen molar-refractivity contribution in [2.24, 2.45) is 5.41 Å². The van der Waals surface area contributed by atoms with Crippen LogP contribution in [-0.4, -0.2) is 61.4 Å². The highest BCUT2D eigenvalue weighted by Crippen LogP contribution is 2.38. The van der Waals surface area contributed by atoms with E-state index in [4.69, 9.17) is 9.47 Å². The molecular weight excluding hydrogens is 382 g/mol. The number of hydrogen-bond donors (Lipinski definition) is 1. The van der Waals surface area contributed by atoms with Crippen molar-refractivity contribution in [2.45, 2.75) is 25.8 Å². The first-order valence-electron chi connectivity index (χ1n) is 10.4. The Morgan fingerprint density at radius 1 is 1.13 bits per heavy atom. The van der Waals surface area contributed by atoms with E-state index < -0.39 is 11.4 Å². The third-order valence-corrected chi connectivity index (χ3v) is 6.40. The van der Waals surface area contributed by atoms with Gasteiger partial charge in [-0.3, -0.25) is 9.78 Å². The molecule has 0 amide bonds. The molecule has 1 saturated heterocycles. The Labute approximate surface area is 177 Å². The summed E-state index contributed by atoms with van der Waals surface area (Å²) in [4.78, 5) is 20.8. The van der Waals surface area contributed by atoms with Gasteiger partial charge in [0.15, 0.2) is 11.5 Å². The summed E-state index contributed by atoms with van der Waals surface area (Å²) in [5, 5.41) is 10.0. The summed E-state index contributed by atoms with van der Waals surface area (Å²) in [5.74, 6) is 0.505. The van der Waals surface area contributed by atoms with Crippen molar-refractivity contribution in [1.29, 1.82) is 0 Å². The van der Waals surface area contributed by atoms with Crippen molar-refractivity contribution in [1.82, 2.24) is 9.88 Å². The molecule has 0 aliphatic carbocycles. The number of carboxylic acids is 1. The van der Waals surface area contributed by atoms with Crippen molar-refractivity contribution >= 4 is 11.7 Å². The first-order chi connectivity index (χ1) is 14.5. The molecule has 2 aliphatic heterocycles. The number of likely N-dealkylation sites (N-methyl/N-ethyl adjacent to an activating group) is 1. The Morgan fingerprint density at radius 3 is 2.50 bits per heavy atom. The lowest BCUT2D eigenvalue weighted by molar-refractivity contribution is -0.152. The van der Waals surface area contributed by atoms with E-state index in [1.54, 1.807) is 19.5 Å². The fraction of sp³-hybridized carbons (Fsp3) is 0.478. The number of rotatable bonds is 6. The molecule has 7 nitrogen and oxygen atoms in total. The van der Waals surface area contributed by atoms with Crippen LogP contribution in [0.1, 0.15) is 24.0 Å². The maximum absolute atomic E-state index is 12.2. The number of carboxylic acid groups (broad SMARTS) is 1. The molecule has 30 heavy (non-hydrogen) atoms. The van der Waals surface area contributed by atoms with Crippen molar-refractivity contribution < 1.29 is 19.4 Å². The first kappa shape index (κ1) is 20.5. The Hall–Kier alpha value is -2.80. The normalized spacial score (nSPS) is 18.5. The number of benzene rings is 1. The summed E-state index contributed by atoms with van der Waals surface area (Å²) < 4.78 is 11.7. The molecule has 1 fully saturated rings. The molecule has 0 radical (unpaired) electrons. The van der Waals surface area contributed by atoms with Gasteiger partial charge in [-0.15, -0.1) is 0 Å². The number of aliphatic carboxylic acids is 1. The molecule has 1 aromatic heterocycles. The number of fused-ring (bicyclic) bond motifs is 1. The zero-order valence-corrected chi connectivity index (χ0v) is 17.6. The Balaban J connectivity index is 1.48. The van der Waals surface area contributed by atoms with Crippen LogP contribution in [0.5, 0.6) is 11.5 Å². The number of anilines is 1. The van der Waals surface area contributed by atoms with Crippen LogP contribution in [0.2, 0.25) is 0 Å². The van der Waals surface area contributed by atoms with Gasteiger partial charge >= 0.3 is 5.97 Å². The van der Waals surface area contributed by atoms with E-state index in [1.165, 1.54) is 11.1 Å². The highest BCUT2D eigenvalue weighted by atomic mass is 16.5. The highest BCUT2D eigenvalue weighted by Gasteiger charge is 2.43. The van der Waals surface area contributed by atoms with E-state index >= 15 is 0 Å². The van der Waals surface area contributed by atoms with Crippen LogP contribution in [0.15, 0.2) is 36.7 Å². The van der Waals surface area contributed by atoms with E-state index in [0.29, 0.717) is 37.4 Å². The predicted octanol–water partition coefficient (Wildman–Crippen LogP) is 2.83. The number of carbonyl (C=O) groups is 1. The molecule has 4 rings (SSSR count). The minimum atomic E-state index is -0.902. The van der Waals surface area contributed by atoms with Crippen molar-refractivity contribution in [3.05, 3.63) is 47.8 Å². The largest absolute Gasteiger partial charge is 0.493 e. The van der Waals surface area contributed by atoms with Crippen LogP contribution in [0.3, 0.4) is 0 Å². The molecule has 2 aliphatic rings. The van der Waals surface area contributed by atoms with Gasteiger partial charge in [-0.25, -0.2) is 0 Å². The van der Waals surface area contributed by atoms with Crippen molar-refractivity contribution in [3.63, 3.8) is 0 Å². The van der Waals surface area contributed by atoms with E-state index in [9.17, 15) is 9.90 Å². The standard InChI is InChI=1S/C23H29N3O4/c1-25-10-5-17-13-20(29-2)21(14-18(17)15-25)30-16-23(22(27)28)6-11-26(12-7-23)19-3-8-24-9-4-19/h3-4,8-9,13-14H,5-7,10-12,15-16H2,1-2H3,(H,27,28). The van der Waals surface area contributed by atoms with Gasteiger partial charge < -0.3 is 24.4 Å². The number of ether oxygens (including phenoxy) is 2. The summed E-state index contributed by atoms with van der Waals surface area (Å²) in [6, 6.07) is 7.97. The molecule has 0 saturated carbocycles. The minimum absolute atomic E-state index is 0.136. The maximum Gasteiger partial charge on any atom is 0.313 e. The number of nitrogens with zero attached hydrogens (tertiary/aromatic N) is 3. The van der Waals surface area contributed by atoms with Gasteiger partial charge in [0.05, 0.1) is 7.11 Å². The second-order valence-corrected chi connectivity index (χ2v) is 8.33. The van der Waals surface area contributed by atoms with Crippen LogP contribution in [0.4, 0.5) is 5.69 Å². The van der Waals surface area contributed by atoms with E-state index in [-0.39, 0.29) is 6.61 Å². The highest BCUT2D eigenvalue weighted by molar-refractivity contribution is 5.75. The fourth-order valence-corrected chi connectivity index (χ4v) is 4.36. The zero-order chi connectivity index (χ0) is 21.1. The van der Waals surface area contributed by atoms with Gasteiger partial charge in [0.25, 0.3) is 0 Å². The lowest BCUT2D eigenvalue weighted by atomic mass is 9.79. The summed E-state index contributed by atoms with van der Waals surface area (Å²) in [5.41, 5.74) is 2.67. The molecule has 0 atom stereocenters. The molecule has 2 aromatic rings. The van der Waals surface area contributed by atoms with E-state index in [1.807, 2.05) is 24.3 Å². The lowest BCUT2D eigenvalue weighted by Gasteiger charge is -2.39. The topological polar surface area (TPSA) is 75.1 Å². The van der Waals surface area contributed by atoms with Gasteiger partial charge in [0.1, 0.15) is 12.0 Å². The minimum Gasteiger partial charge on any atom is -0.493 e. The Morgan fingerprint density at radius 2 is 1.83 bits per heavy atom. The zero-order valence-electron chi connectivity index (χ0n) is 17.6.